The molecule has 1 fully saturated rings. The standard InChI is InChI=1S/C19H26N4O3/c1-3-8-22-17(20)16(21-9-11-26-12-10-21)18(24)23(19(22)25)13-15-6-4-14(2)5-7-15/h4-7H,3,8-13,20H2,1-2H3. The van der Waals surface area contributed by atoms with Crippen LogP contribution in [0.3, 0.4) is 0 Å². The molecule has 140 valence electrons. The average molecular weight is 358 g/mol. The number of morpholine rings is 1. The quantitative estimate of drug-likeness (QED) is 0.868. The summed E-state index contributed by atoms with van der Waals surface area (Å²) in [7, 11) is 0. The fourth-order valence-corrected chi connectivity index (χ4v) is 3.24. The van der Waals surface area contributed by atoms with Crippen LogP contribution in [0.5, 0.6) is 0 Å². The Morgan fingerprint density at radius 1 is 1.08 bits per heavy atom. The molecule has 3 rings (SSSR count). The number of ether oxygens (including phenoxy) is 1. The van der Waals surface area contributed by atoms with E-state index in [-0.39, 0.29) is 23.6 Å². The largest absolute Gasteiger partial charge is 0.383 e. The molecule has 7 nitrogen and oxygen atoms in total. The third-order valence-electron chi connectivity index (χ3n) is 4.68. The minimum Gasteiger partial charge on any atom is -0.383 e. The van der Waals surface area contributed by atoms with Crippen molar-refractivity contribution >= 4 is 11.5 Å². The van der Waals surface area contributed by atoms with Gasteiger partial charge in [-0.3, -0.25) is 13.9 Å². The molecule has 1 aliphatic rings. The number of hydrogen-bond donors (Lipinski definition) is 1. The van der Waals surface area contributed by atoms with Gasteiger partial charge < -0.3 is 15.4 Å². The highest BCUT2D eigenvalue weighted by atomic mass is 16.5. The Balaban J connectivity index is 2.12. The molecule has 1 aliphatic heterocycles. The molecule has 2 N–H and O–H groups in total. The minimum absolute atomic E-state index is 0.235. The van der Waals surface area contributed by atoms with E-state index in [1.807, 2.05) is 43.0 Å². The summed E-state index contributed by atoms with van der Waals surface area (Å²) < 4.78 is 8.19. The highest BCUT2D eigenvalue weighted by Crippen LogP contribution is 2.19. The van der Waals surface area contributed by atoms with Crippen molar-refractivity contribution in [3.05, 3.63) is 56.2 Å². The summed E-state index contributed by atoms with van der Waals surface area (Å²) >= 11 is 0. The van der Waals surface area contributed by atoms with E-state index in [9.17, 15) is 9.59 Å². The van der Waals surface area contributed by atoms with Crippen molar-refractivity contribution in [3.63, 3.8) is 0 Å². The zero-order valence-corrected chi connectivity index (χ0v) is 15.4. The van der Waals surface area contributed by atoms with Crippen molar-refractivity contribution < 1.29 is 4.74 Å². The molecule has 0 atom stereocenters. The van der Waals surface area contributed by atoms with Crippen LogP contribution >= 0.6 is 0 Å². The van der Waals surface area contributed by atoms with Gasteiger partial charge in [0.05, 0.1) is 19.8 Å². The first-order valence-electron chi connectivity index (χ1n) is 9.04. The number of rotatable bonds is 5. The van der Waals surface area contributed by atoms with Gasteiger partial charge >= 0.3 is 5.69 Å². The number of hydrogen-bond acceptors (Lipinski definition) is 5. The van der Waals surface area contributed by atoms with Crippen molar-refractivity contribution in [2.75, 3.05) is 36.9 Å². The number of nitrogen functional groups attached to an aromatic ring is 1. The average Bonchev–Trinajstić information content (AvgIpc) is 2.65. The smallest absolute Gasteiger partial charge is 0.332 e. The normalized spacial score (nSPS) is 14.6. The Bertz CT molecular complexity index is 877. The first kappa shape index (κ1) is 18.3. The van der Waals surface area contributed by atoms with Gasteiger partial charge in [0, 0.05) is 19.6 Å². The van der Waals surface area contributed by atoms with Crippen LogP contribution in [0.4, 0.5) is 11.5 Å². The number of anilines is 2. The number of nitrogens with zero attached hydrogens (tertiary/aromatic N) is 3. The highest BCUT2D eigenvalue weighted by molar-refractivity contribution is 5.63. The monoisotopic (exact) mass is 358 g/mol. The van der Waals surface area contributed by atoms with Crippen LogP contribution in [-0.2, 0) is 17.8 Å². The van der Waals surface area contributed by atoms with Gasteiger partial charge in [0.2, 0.25) is 0 Å². The van der Waals surface area contributed by atoms with E-state index in [4.69, 9.17) is 10.5 Å². The molecule has 0 amide bonds. The minimum atomic E-state index is -0.355. The molecule has 1 aromatic heterocycles. The molecule has 0 aliphatic carbocycles. The van der Waals surface area contributed by atoms with Gasteiger partial charge in [0.15, 0.2) is 0 Å². The van der Waals surface area contributed by atoms with Crippen LogP contribution in [-0.4, -0.2) is 35.4 Å². The van der Waals surface area contributed by atoms with E-state index in [0.29, 0.717) is 38.5 Å². The van der Waals surface area contributed by atoms with Crippen molar-refractivity contribution in [1.29, 1.82) is 0 Å². The summed E-state index contributed by atoms with van der Waals surface area (Å²) in [6.07, 6.45) is 0.759. The summed E-state index contributed by atoms with van der Waals surface area (Å²) in [4.78, 5) is 28.0. The molecule has 0 radical (unpaired) electrons. The van der Waals surface area contributed by atoms with Gasteiger partial charge in [-0.25, -0.2) is 4.79 Å². The van der Waals surface area contributed by atoms with Crippen LogP contribution < -0.4 is 21.9 Å². The first-order valence-corrected chi connectivity index (χ1v) is 9.04. The van der Waals surface area contributed by atoms with Gasteiger partial charge in [-0.1, -0.05) is 36.8 Å². The molecule has 2 heterocycles. The summed E-state index contributed by atoms with van der Waals surface area (Å²) in [6, 6.07) is 7.84. The molecule has 7 heteroatoms. The Labute approximate surface area is 152 Å². The second kappa shape index (κ2) is 7.78. The Kier molecular flexibility index (Phi) is 5.46. The van der Waals surface area contributed by atoms with E-state index in [2.05, 4.69) is 0 Å². The first-order chi connectivity index (χ1) is 12.5. The molecule has 26 heavy (non-hydrogen) atoms. The molecule has 0 spiro atoms. The van der Waals surface area contributed by atoms with E-state index >= 15 is 0 Å². The molecule has 0 bridgehead atoms. The maximum Gasteiger partial charge on any atom is 0.332 e. The zero-order valence-electron chi connectivity index (χ0n) is 15.4. The van der Waals surface area contributed by atoms with Gasteiger partial charge in [0.25, 0.3) is 5.56 Å². The molecule has 1 aromatic carbocycles. The highest BCUT2D eigenvalue weighted by Gasteiger charge is 2.23. The number of benzene rings is 1. The third-order valence-corrected chi connectivity index (χ3v) is 4.68. The van der Waals surface area contributed by atoms with Crippen molar-refractivity contribution in [3.8, 4) is 0 Å². The van der Waals surface area contributed by atoms with Crippen LogP contribution in [0.1, 0.15) is 24.5 Å². The van der Waals surface area contributed by atoms with E-state index < -0.39 is 0 Å². The van der Waals surface area contributed by atoms with Crippen molar-refractivity contribution in [2.45, 2.75) is 33.4 Å². The van der Waals surface area contributed by atoms with Crippen LogP contribution in [0, 0.1) is 6.92 Å². The summed E-state index contributed by atoms with van der Waals surface area (Å²) in [5.74, 6) is 0.254. The van der Waals surface area contributed by atoms with Gasteiger partial charge in [-0.05, 0) is 18.9 Å². The Morgan fingerprint density at radius 3 is 2.35 bits per heavy atom. The maximum atomic E-state index is 13.1. The molecule has 1 saturated heterocycles. The summed E-state index contributed by atoms with van der Waals surface area (Å²) in [6.45, 7) is 6.98. The second-order valence-electron chi connectivity index (χ2n) is 6.64. The Hall–Kier alpha value is -2.54. The summed E-state index contributed by atoms with van der Waals surface area (Å²) in [5, 5.41) is 0. The third kappa shape index (κ3) is 3.53. The lowest BCUT2D eigenvalue weighted by atomic mass is 10.1. The fourth-order valence-electron chi connectivity index (χ4n) is 3.24. The van der Waals surface area contributed by atoms with Crippen molar-refractivity contribution in [2.24, 2.45) is 0 Å². The van der Waals surface area contributed by atoms with Crippen LogP contribution in [0.15, 0.2) is 33.9 Å². The number of nitrogens with two attached hydrogens (primary N) is 1. The topological polar surface area (TPSA) is 82.5 Å². The number of aromatic nitrogens is 2. The fraction of sp³-hybridized carbons (Fsp3) is 0.474. The lowest BCUT2D eigenvalue weighted by Gasteiger charge is -2.30. The van der Waals surface area contributed by atoms with E-state index in [1.165, 1.54) is 9.13 Å². The van der Waals surface area contributed by atoms with Crippen LogP contribution in [0.25, 0.3) is 0 Å². The van der Waals surface area contributed by atoms with Gasteiger partial charge in [-0.15, -0.1) is 0 Å². The molecule has 0 unspecified atom stereocenters. The van der Waals surface area contributed by atoms with Gasteiger partial charge in [-0.2, -0.15) is 0 Å². The lowest BCUT2D eigenvalue weighted by molar-refractivity contribution is 0.122. The van der Waals surface area contributed by atoms with Gasteiger partial charge in [0.1, 0.15) is 11.5 Å². The molecule has 2 aromatic rings. The predicted octanol–water partition coefficient (Wildman–Crippen LogP) is 1.20. The maximum absolute atomic E-state index is 13.1. The molecular formula is C19H26N4O3. The van der Waals surface area contributed by atoms with E-state index in [1.54, 1.807) is 0 Å². The predicted molar refractivity (Wildman–Crippen MR) is 103 cm³/mol. The Morgan fingerprint density at radius 2 is 1.73 bits per heavy atom. The SMILES string of the molecule is CCCn1c(N)c(N2CCOCC2)c(=O)n(Cc2ccc(C)cc2)c1=O. The second-order valence-corrected chi connectivity index (χ2v) is 6.64. The zero-order chi connectivity index (χ0) is 18.7. The van der Waals surface area contributed by atoms with Crippen LogP contribution in [0.2, 0.25) is 0 Å². The number of aryl methyl sites for hydroxylation is 1. The van der Waals surface area contributed by atoms with Crippen molar-refractivity contribution in [1.82, 2.24) is 9.13 Å². The molecular weight excluding hydrogens is 332 g/mol. The summed E-state index contributed by atoms with van der Waals surface area (Å²) in [5.41, 5.74) is 8.02. The lowest BCUT2D eigenvalue weighted by Crippen LogP contribution is -2.47. The molecule has 0 saturated carbocycles. The van der Waals surface area contributed by atoms with E-state index in [0.717, 1.165) is 17.5 Å².